The van der Waals surface area contributed by atoms with Gasteiger partial charge in [-0.1, -0.05) is 18.2 Å². The van der Waals surface area contributed by atoms with Crippen LogP contribution in [-0.4, -0.2) is 29.4 Å². The molecule has 98 valence electrons. The number of amides is 1. The van der Waals surface area contributed by atoms with Crippen LogP contribution in [0.2, 0.25) is 0 Å². The molecule has 0 fully saturated rings. The molecule has 19 heavy (non-hydrogen) atoms. The summed E-state index contributed by atoms with van der Waals surface area (Å²) >= 11 is 0. The standard InChI is InChI=1S/C15H17N3O/c1-11-13(10-15(19)18(2)9-5-8-16)12-6-3-4-7-14(12)17-11/h3-4,6-7,17H,5,9-10H2,1-2H3. The lowest BCUT2D eigenvalue weighted by Gasteiger charge is -2.15. The van der Waals surface area contributed by atoms with Gasteiger partial charge in [0.25, 0.3) is 0 Å². The molecule has 4 nitrogen and oxygen atoms in total. The molecule has 2 aromatic rings. The van der Waals surface area contributed by atoms with Crippen molar-refractivity contribution in [3.8, 4) is 6.07 Å². The van der Waals surface area contributed by atoms with Crippen LogP contribution in [0.3, 0.4) is 0 Å². The summed E-state index contributed by atoms with van der Waals surface area (Å²) in [5, 5.41) is 9.65. The number of nitrogens with zero attached hydrogens (tertiary/aromatic N) is 2. The molecule has 0 saturated heterocycles. The molecular weight excluding hydrogens is 238 g/mol. The summed E-state index contributed by atoms with van der Waals surface area (Å²) < 4.78 is 0. The van der Waals surface area contributed by atoms with Crippen LogP contribution >= 0.6 is 0 Å². The summed E-state index contributed by atoms with van der Waals surface area (Å²) in [5.41, 5.74) is 3.13. The number of hydrogen-bond donors (Lipinski definition) is 1. The Hall–Kier alpha value is -2.28. The van der Waals surface area contributed by atoms with E-state index in [-0.39, 0.29) is 5.91 Å². The normalized spacial score (nSPS) is 10.4. The van der Waals surface area contributed by atoms with E-state index in [1.807, 2.05) is 31.2 Å². The monoisotopic (exact) mass is 255 g/mol. The minimum Gasteiger partial charge on any atom is -0.358 e. The maximum atomic E-state index is 12.1. The summed E-state index contributed by atoms with van der Waals surface area (Å²) in [4.78, 5) is 17.0. The minimum absolute atomic E-state index is 0.0445. The zero-order valence-corrected chi connectivity index (χ0v) is 11.2. The van der Waals surface area contributed by atoms with Crippen molar-refractivity contribution in [3.05, 3.63) is 35.5 Å². The molecule has 0 aliphatic heterocycles. The number of aromatic nitrogens is 1. The summed E-state index contributed by atoms with van der Waals surface area (Å²) in [5.74, 6) is 0.0445. The summed E-state index contributed by atoms with van der Waals surface area (Å²) in [6, 6.07) is 10.0. The molecule has 0 aliphatic carbocycles. The van der Waals surface area contributed by atoms with Crippen molar-refractivity contribution in [1.29, 1.82) is 5.26 Å². The van der Waals surface area contributed by atoms with Crippen LogP contribution in [0.15, 0.2) is 24.3 Å². The van der Waals surface area contributed by atoms with Crippen molar-refractivity contribution in [3.63, 3.8) is 0 Å². The number of carbonyl (C=O) groups excluding carboxylic acids is 1. The number of nitriles is 1. The van der Waals surface area contributed by atoms with Gasteiger partial charge in [0.15, 0.2) is 0 Å². The molecule has 2 rings (SSSR count). The number of hydrogen-bond acceptors (Lipinski definition) is 2. The fourth-order valence-corrected chi connectivity index (χ4v) is 2.19. The Morgan fingerprint density at radius 2 is 2.16 bits per heavy atom. The fourth-order valence-electron chi connectivity index (χ4n) is 2.19. The number of para-hydroxylation sites is 1. The molecule has 0 aliphatic rings. The lowest BCUT2D eigenvalue weighted by atomic mass is 10.1. The molecule has 0 bridgehead atoms. The van der Waals surface area contributed by atoms with Crippen molar-refractivity contribution < 1.29 is 4.79 Å². The number of aromatic amines is 1. The van der Waals surface area contributed by atoms with Gasteiger partial charge in [0.05, 0.1) is 18.9 Å². The second-order valence-corrected chi connectivity index (χ2v) is 4.67. The topological polar surface area (TPSA) is 59.9 Å². The van der Waals surface area contributed by atoms with E-state index in [1.54, 1.807) is 11.9 Å². The van der Waals surface area contributed by atoms with Gasteiger partial charge in [0.2, 0.25) is 5.91 Å². The molecule has 1 aromatic heterocycles. The van der Waals surface area contributed by atoms with Crippen molar-refractivity contribution in [1.82, 2.24) is 9.88 Å². The van der Waals surface area contributed by atoms with Gasteiger partial charge >= 0.3 is 0 Å². The summed E-state index contributed by atoms with van der Waals surface area (Å²) in [6.45, 7) is 2.47. The number of carbonyl (C=O) groups is 1. The average Bonchev–Trinajstić information content (AvgIpc) is 2.72. The van der Waals surface area contributed by atoms with Gasteiger partial charge in [-0.25, -0.2) is 0 Å². The van der Waals surface area contributed by atoms with Gasteiger partial charge in [-0.3, -0.25) is 4.79 Å². The Bertz CT molecular complexity index is 636. The molecule has 0 spiro atoms. The zero-order chi connectivity index (χ0) is 13.8. The van der Waals surface area contributed by atoms with E-state index in [4.69, 9.17) is 5.26 Å². The first-order chi connectivity index (χ1) is 9.13. The van der Waals surface area contributed by atoms with Crippen LogP contribution in [0.5, 0.6) is 0 Å². The Balaban J connectivity index is 2.19. The smallest absolute Gasteiger partial charge is 0.226 e. The first-order valence-corrected chi connectivity index (χ1v) is 6.30. The number of H-pyrrole nitrogens is 1. The van der Waals surface area contributed by atoms with Gasteiger partial charge in [0.1, 0.15) is 0 Å². The molecule has 0 saturated carbocycles. The summed E-state index contributed by atoms with van der Waals surface area (Å²) in [6.07, 6.45) is 0.743. The van der Waals surface area contributed by atoms with Crippen molar-refractivity contribution in [2.45, 2.75) is 19.8 Å². The third-order valence-corrected chi connectivity index (χ3v) is 3.34. The number of fused-ring (bicyclic) bond motifs is 1. The highest BCUT2D eigenvalue weighted by Crippen LogP contribution is 2.22. The van der Waals surface area contributed by atoms with Gasteiger partial charge in [-0.15, -0.1) is 0 Å². The van der Waals surface area contributed by atoms with Gasteiger partial charge in [-0.05, 0) is 18.6 Å². The van der Waals surface area contributed by atoms with E-state index in [1.165, 1.54) is 0 Å². The van der Waals surface area contributed by atoms with Crippen LogP contribution in [0, 0.1) is 18.3 Å². The van der Waals surface area contributed by atoms with Crippen molar-refractivity contribution in [2.75, 3.05) is 13.6 Å². The Morgan fingerprint density at radius 1 is 1.42 bits per heavy atom. The molecule has 1 heterocycles. The highest BCUT2D eigenvalue weighted by atomic mass is 16.2. The first kappa shape index (κ1) is 13.2. The minimum atomic E-state index is 0.0445. The molecule has 1 amide bonds. The highest BCUT2D eigenvalue weighted by molar-refractivity contribution is 5.90. The predicted molar refractivity (Wildman–Crippen MR) is 74.6 cm³/mol. The number of benzene rings is 1. The van der Waals surface area contributed by atoms with E-state index in [0.29, 0.717) is 19.4 Å². The molecule has 4 heteroatoms. The van der Waals surface area contributed by atoms with Gasteiger partial charge < -0.3 is 9.88 Å². The number of likely N-dealkylation sites (N-methyl/N-ethyl adjacent to an activating group) is 1. The molecule has 0 atom stereocenters. The number of nitrogens with one attached hydrogen (secondary N) is 1. The van der Waals surface area contributed by atoms with E-state index in [0.717, 1.165) is 22.2 Å². The fraction of sp³-hybridized carbons (Fsp3) is 0.333. The van der Waals surface area contributed by atoms with Crippen LogP contribution < -0.4 is 0 Å². The maximum absolute atomic E-state index is 12.1. The van der Waals surface area contributed by atoms with E-state index in [9.17, 15) is 4.79 Å². The second kappa shape index (κ2) is 5.57. The molecular formula is C15H17N3O. The lowest BCUT2D eigenvalue weighted by molar-refractivity contribution is -0.129. The predicted octanol–water partition coefficient (Wildman–Crippen LogP) is 2.39. The third kappa shape index (κ3) is 2.76. The second-order valence-electron chi connectivity index (χ2n) is 4.67. The van der Waals surface area contributed by atoms with E-state index < -0.39 is 0 Å². The average molecular weight is 255 g/mol. The van der Waals surface area contributed by atoms with Crippen molar-refractivity contribution in [2.24, 2.45) is 0 Å². The van der Waals surface area contributed by atoms with E-state index >= 15 is 0 Å². The van der Waals surface area contributed by atoms with Crippen LogP contribution in [0.4, 0.5) is 0 Å². The van der Waals surface area contributed by atoms with Crippen LogP contribution in [0.25, 0.3) is 10.9 Å². The van der Waals surface area contributed by atoms with E-state index in [2.05, 4.69) is 11.1 Å². The third-order valence-electron chi connectivity index (χ3n) is 3.34. The van der Waals surface area contributed by atoms with Gasteiger partial charge in [0, 0.05) is 30.2 Å². The SMILES string of the molecule is Cc1[nH]c2ccccc2c1CC(=O)N(C)CCC#N. The molecule has 1 aromatic carbocycles. The van der Waals surface area contributed by atoms with Crippen LogP contribution in [0.1, 0.15) is 17.7 Å². The Morgan fingerprint density at radius 3 is 2.89 bits per heavy atom. The Labute approximate surface area is 112 Å². The quantitative estimate of drug-likeness (QED) is 0.911. The number of aryl methyl sites for hydroxylation is 1. The lowest BCUT2D eigenvalue weighted by Crippen LogP contribution is -2.29. The molecule has 1 N–H and O–H groups in total. The maximum Gasteiger partial charge on any atom is 0.226 e. The Kier molecular flexibility index (Phi) is 3.86. The van der Waals surface area contributed by atoms with Crippen molar-refractivity contribution >= 4 is 16.8 Å². The first-order valence-electron chi connectivity index (χ1n) is 6.30. The van der Waals surface area contributed by atoms with Crippen LogP contribution in [-0.2, 0) is 11.2 Å². The number of rotatable bonds is 4. The van der Waals surface area contributed by atoms with Gasteiger partial charge in [-0.2, -0.15) is 5.26 Å². The molecule has 0 unspecified atom stereocenters. The molecule has 0 radical (unpaired) electrons. The highest BCUT2D eigenvalue weighted by Gasteiger charge is 2.14. The largest absolute Gasteiger partial charge is 0.358 e. The zero-order valence-electron chi connectivity index (χ0n) is 11.2. The summed E-state index contributed by atoms with van der Waals surface area (Å²) in [7, 11) is 1.74.